The highest BCUT2D eigenvalue weighted by Gasteiger charge is 2.35. The topological polar surface area (TPSA) is 84.3 Å². The van der Waals surface area contributed by atoms with E-state index in [0.717, 1.165) is 17.3 Å². The number of ether oxygens (including phenoxy) is 1. The molecule has 1 unspecified atom stereocenters. The van der Waals surface area contributed by atoms with Crippen LogP contribution in [0.4, 0.5) is 26.0 Å². The minimum atomic E-state index is -0.882. The number of halogens is 2. The molecule has 33 heavy (non-hydrogen) atoms. The smallest absolute Gasteiger partial charge is 0.255 e. The third kappa shape index (κ3) is 4.36. The van der Waals surface area contributed by atoms with Gasteiger partial charge in [-0.15, -0.1) is 0 Å². The standard InChI is InChI=1S/C23H24F2N6O2/c1-13-21-18(30(3)22(14(2)33-4)23(32)29-21)8-19(28-13)26-9-15-10-27-31(11-15)12-16-6-5-7-17(24)20(16)25/h5-8,10-11,22H,2,9,12H2,1,3-4H3,(H,26,28)(H,29,32). The minimum Gasteiger partial charge on any atom is -0.499 e. The van der Waals surface area contributed by atoms with Crippen LogP contribution in [0.5, 0.6) is 0 Å². The number of benzene rings is 1. The van der Waals surface area contributed by atoms with Gasteiger partial charge in [0.1, 0.15) is 11.6 Å². The van der Waals surface area contributed by atoms with Gasteiger partial charge in [0.05, 0.1) is 36.9 Å². The fraction of sp³-hybridized carbons (Fsp3) is 0.261. The summed E-state index contributed by atoms with van der Waals surface area (Å²) in [5.74, 6) is -1.03. The summed E-state index contributed by atoms with van der Waals surface area (Å²) in [6.07, 6.45) is 3.41. The lowest BCUT2D eigenvalue weighted by Gasteiger charge is -2.36. The molecule has 0 spiro atoms. The Labute approximate surface area is 189 Å². The van der Waals surface area contributed by atoms with E-state index in [-0.39, 0.29) is 18.0 Å². The Morgan fingerprint density at radius 2 is 2.15 bits per heavy atom. The van der Waals surface area contributed by atoms with Gasteiger partial charge in [-0.1, -0.05) is 18.7 Å². The Hall–Kier alpha value is -3.95. The highest BCUT2D eigenvalue weighted by molar-refractivity contribution is 6.05. The van der Waals surface area contributed by atoms with Crippen molar-refractivity contribution in [2.24, 2.45) is 0 Å². The number of rotatable bonds is 7. The highest BCUT2D eigenvalue weighted by atomic mass is 19.2. The van der Waals surface area contributed by atoms with Crippen LogP contribution >= 0.6 is 0 Å². The molecule has 3 heterocycles. The van der Waals surface area contributed by atoms with Gasteiger partial charge in [0, 0.05) is 37.0 Å². The molecule has 0 bridgehead atoms. The molecule has 2 aromatic heterocycles. The summed E-state index contributed by atoms with van der Waals surface area (Å²) < 4.78 is 34.1. The summed E-state index contributed by atoms with van der Waals surface area (Å²) in [5, 5.41) is 10.4. The molecule has 1 atom stereocenters. The lowest BCUT2D eigenvalue weighted by molar-refractivity contribution is -0.117. The molecule has 0 saturated heterocycles. The average molecular weight is 454 g/mol. The van der Waals surface area contributed by atoms with E-state index < -0.39 is 17.7 Å². The number of aromatic nitrogens is 3. The van der Waals surface area contributed by atoms with E-state index in [2.05, 4.69) is 27.3 Å². The summed E-state index contributed by atoms with van der Waals surface area (Å²) in [5.41, 5.74) is 3.15. The monoisotopic (exact) mass is 454 g/mol. The number of anilines is 3. The number of hydrogen-bond acceptors (Lipinski definition) is 6. The Kier molecular flexibility index (Phi) is 5.99. The molecule has 10 heteroatoms. The zero-order valence-electron chi connectivity index (χ0n) is 18.5. The summed E-state index contributed by atoms with van der Waals surface area (Å²) in [6.45, 7) is 6.18. The van der Waals surface area contributed by atoms with E-state index in [1.807, 2.05) is 13.0 Å². The molecule has 1 aliphatic rings. The molecule has 0 fully saturated rings. The average Bonchev–Trinajstić information content (AvgIpc) is 3.23. The second kappa shape index (κ2) is 8.89. The van der Waals surface area contributed by atoms with Crippen molar-refractivity contribution in [1.29, 1.82) is 0 Å². The molecular formula is C23H24F2N6O2. The first kappa shape index (κ1) is 22.3. The van der Waals surface area contributed by atoms with Crippen molar-refractivity contribution in [1.82, 2.24) is 14.8 Å². The number of likely N-dealkylation sites (N-methyl/N-ethyl adjacent to an activating group) is 1. The number of hydrogen-bond donors (Lipinski definition) is 2. The number of nitrogens with one attached hydrogen (secondary N) is 2. The van der Waals surface area contributed by atoms with Crippen molar-refractivity contribution in [3.8, 4) is 0 Å². The van der Waals surface area contributed by atoms with Crippen LogP contribution < -0.4 is 15.5 Å². The van der Waals surface area contributed by atoms with Gasteiger partial charge in [-0.3, -0.25) is 9.48 Å². The number of amides is 1. The van der Waals surface area contributed by atoms with E-state index in [9.17, 15) is 13.6 Å². The van der Waals surface area contributed by atoms with Gasteiger partial charge in [-0.2, -0.15) is 5.10 Å². The first-order chi connectivity index (χ1) is 15.8. The van der Waals surface area contributed by atoms with E-state index in [1.54, 1.807) is 29.0 Å². The summed E-state index contributed by atoms with van der Waals surface area (Å²) >= 11 is 0. The molecule has 1 amide bonds. The van der Waals surface area contributed by atoms with Crippen molar-refractivity contribution in [3.63, 3.8) is 0 Å². The van der Waals surface area contributed by atoms with E-state index in [1.165, 1.54) is 19.2 Å². The number of carbonyl (C=O) groups excluding carboxylic acids is 1. The summed E-state index contributed by atoms with van der Waals surface area (Å²) in [6, 6.07) is 5.26. The number of aryl methyl sites for hydroxylation is 1. The maximum Gasteiger partial charge on any atom is 0.255 e. The number of nitrogens with zero attached hydrogens (tertiary/aromatic N) is 4. The maximum absolute atomic E-state index is 13.9. The normalized spacial score (nSPS) is 15.1. The lowest BCUT2D eigenvalue weighted by atomic mass is 10.1. The van der Waals surface area contributed by atoms with Crippen molar-refractivity contribution in [3.05, 3.63) is 77.5 Å². The summed E-state index contributed by atoms with van der Waals surface area (Å²) in [4.78, 5) is 18.8. The Bertz CT molecular complexity index is 1230. The molecule has 4 rings (SSSR count). The third-order valence-corrected chi connectivity index (χ3v) is 5.53. The van der Waals surface area contributed by atoms with Gasteiger partial charge >= 0.3 is 0 Å². The molecule has 0 aliphatic carbocycles. The number of pyridine rings is 1. The molecule has 0 saturated carbocycles. The highest BCUT2D eigenvalue weighted by Crippen LogP contribution is 2.36. The predicted molar refractivity (Wildman–Crippen MR) is 121 cm³/mol. The van der Waals surface area contributed by atoms with Crippen LogP contribution in [0.25, 0.3) is 0 Å². The van der Waals surface area contributed by atoms with E-state index in [0.29, 0.717) is 29.5 Å². The third-order valence-electron chi connectivity index (χ3n) is 5.53. The number of methoxy groups -OCH3 is 1. The van der Waals surface area contributed by atoms with Crippen LogP contribution in [0.2, 0.25) is 0 Å². The molecule has 172 valence electrons. The molecule has 1 aliphatic heterocycles. The van der Waals surface area contributed by atoms with Gasteiger partial charge < -0.3 is 20.3 Å². The van der Waals surface area contributed by atoms with Crippen LogP contribution in [-0.4, -0.2) is 40.9 Å². The second-order valence-corrected chi connectivity index (χ2v) is 7.77. The first-order valence-electron chi connectivity index (χ1n) is 10.2. The van der Waals surface area contributed by atoms with Gasteiger partial charge in [-0.25, -0.2) is 13.8 Å². The van der Waals surface area contributed by atoms with Crippen molar-refractivity contribution >= 4 is 23.1 Å². The van der Waals surface area contributed by atoms with Gasteiger partial charge in [0.25, 0.3) is 5.91 Å². The molecule has 0 radical (unpaired) electrons. The predicted octanol–water partition coefficient (Wildman–Crippen LogP) is 3.44. The molecular weight excluding hydrogens is 430 g/mol. The van der Waals surface area contributed by atoms with Gasteiger partial charge in [-0.05, 0) is 13.0 Å². The maximum atomic E-state index is 13.9. The zero-order valence-corrected chi connectivity index (χ0v) is 18.5. The Morgan fingerprint density at radius 3 is 2.91 bits per heavy atom. The van der Waals surface area contributed by atoms with Gasteiger partial charge in [0.15, 0.2) is 17.7 Å². The van der Waals surface area contributed by atoms with Crippen molar-refractivity contribution in [2.75, 3.05) is 29.7 Å². The Balaban J connectivity index is 1.48. The van der Waals surface area contributed by atoms with Crippen LogP contribution in [0.1, 0.15) is 16.8 Å². The lowest BCUT2D eigenvalue weighted by Crippen LogP contribution is -2.47. The SMILES string of the molecule is C=C(OC)C1C(=O)Nc2c(cc(NCc3cnn(Cc4cccc(F)c4F)c3)nc2C)N1C. The molecule has 8 nitrogen and oxygen atoms in total. The van der Waals surface area contributed by atoms with Crippen molar-refractivity contribution < 1.29 is 18.3 Å². The second-order valence-electron chi connectivity index (χ2n) is 7.77. The zero-order chi connectivity index (χ0) is 23.7. The van der Waals surface area contributed by atoms with Crippen LogP contribution in [0.3, 0.4) is 0 Å². The Morgan fingerprint density at radius 1 is 1.36 bits per heavy atom. The van der Waals surface area contributed by atoms with Crippen LogP contribution in [-0.2, 0) is 22.6 Å². The quantitative estimate of drug-likeness (QED) is 0.532. The fourth-order valence-electron chi connectivity index (χ4n) is 3.78. The fourth-order valence-corrected chi connectivity index (χ4v) is 3.78. The summed E-state index contributed by atoms with van der Waals surface area (Å²) in [7, 11) is 3.28. The first-order valence-corrected chi connectivity index (χ1v) is 10.2. The largest absolute Gasteiger partial charge is 0.499 e. The number of fused-ring (bicyclic) bond motifs is 1. The van der Waals surface area contributed by atoms with Crippen LogP contribution in [0, 0.1) is 18.6 Å². The molecule has 2 N–H and O–H groups in total. The van der Waals surface area contributed by atoms with Gasteiger partial charge in [0.2, 0.25) is 0 Å². The van der Waals surface area contributed by atoms with E-state index in [4.69, 9.17) is 4.74 Å². The van der Waals surface area contributed by atoms with E-state index >= 15 is 0 Å². The van der Waals surface area contributed by atoms with Crippen LogP contribution in [0.15, 0.2) is 49.0 Å². The molecule has 1 aromatic carbocycles. The van der Waals surface area contributed by atoms with Crippen molar-refractivity contribution in [2.45, 2.75) is 26.1 Å². The molecule has 3 aromatic rings. The minimum absolute atomic E-state index is 0.120. The number of carbonyl (C=O) groups is 1.